The molecule has 6 heteroatoms. The molecule has 2 aromatic rings. The van der Waals surface area contributed by atoms with Gasteiger partial charge in [0.2, 0.25) is 5.78 Å². The Hall–Kier alpha value is -2.21. The number of rotatable bonds is 6. The zero-order chi connectivity index (χ0) is 14.5. The molecule has 0 aliphatic heterocycles. The molecule has 0 aliphatic carbocycles. The second-order valence-corrected chi connectivity index (χ2v) is 5.22. The molecule has 0 saturated carbocycles. The van der Waals surface area contributed by atoms with Gasteiger partial charge in [-0.2, -0.15) is 0 Å². The summed E-state index contributed by atoms with van der Waals surface area (Å²) in [5.41, 5.74) is -0.138. The molecule has 0 spiro atoms. The second-order valence-electron chi connectivity index (χ2n) is 4.06. The molecule has 1 heterocycles. The first kappa shape index (κ1) is 14.2. The van der Waals surface area contributed by atoms with Gasteiger partial charge in [-0.3, -0.25) is 14.9 Å². The molecule has 2 rings (SSSR count). The number of carbonyl (C=O) groups excluding carboxylic acids is 1. The van der Waals surface area contributed by atoms with E-state index in [0.717, 1.165) is 11.3 Å². The van der Waals surface area contributed by atoms with E-state index in [9.17, 15) is 14.9 Å². The number of carbonyl (C=O) groups is 1. The highest BCUT2D eigenvalue weighted by atomic mass is 32.1. The van der Waals surface area contributed by atoms with E-state index in [1.807, 2.05) is 13.0 Å². The lowest BCUT2D eigenvalue weighted by molar-refractivity contribution is -0.385. The first-order valence-corrected chi connectivity index (χ1v) is 6.91. The third-order valence-electron chi connectivity index (χ3n) is 2.71. The summed E-state index contributed by atoms with van der Waals surface area (Å²) in [6.45, 7) is 1.82. The number of nitrogens with zero attached hydrogens (tertiary/aromatic N) is 1. The molecule has 5 nitrogen and oxygen atoms in total. The van der Waals surface area contributed by atoms with Crippen LogP contribution in [0.2, 0.25) is 0 Å². The van der Waals surface area contributed by atoms with Crippen LogP contribution in [-0.2, 0) is 6.42 Å². The molecule has 20 heavy (non-hydrogen) atoms. The number of para-hydroxylation sites is 2. The van der Waals surface area contributed by atoms with Crippen molar-refractivity contribution in [3.8, 4) is 5.75 Å². The topological polar surface area (TPSA) is 69.4 Å². The van der Waals surface area contributed by atoms with Gasteiger partial charge in [-0.15, -0.1) is 11.3 Å². The van der Waals surface area contributed by atoms with Gasteiger partial charge in [0.1, 0.15) is 0 Å². The smallest absolute Gasteiger partial charge is 0.310 e. The number of hydrogen-bond donors (Lipinski definition) is 0. The van der Waals surface area contributed by atoms with Gasteiger partial charge in [0.25, 0.3) is 0 Å². The Morgan fingerprint density at radius 2 is 2.05 bits per heavy atom. The number of thiophene rings is 1. The van der Waals surface area contributed by atoms with Crippen LogP contribution in [0, 0.1) is 10.1 Å². The van der Waals surface area contributed by atoms with Crippen LogP contribution >= 0.6 is 11.3 Å². The number of hydrogen-bond acceptors (Lipinski definition) is 5. The summed E-state index contributed by atoms with van der Waals surface area (Å²) in [5, 5.41) is 10.8. The number of ketones is 1. The SMILES string of the molecule is CCc1ccc(C(=O)COc2ccccc2[N+](=O)[O-])s1. The summed E-state index contributed by atoms with van der Waals surface area (Å²) in [6, 6.07) is 9.68. The monoisotopic (exact) mass is 291 g/mol. The second kappa shape index (κ2) is 6.29. The van der Waals surface area contributed by atoms with Gasteiger partial charge in [-0.1, -0.05) is 19.1 Å². The fourth-order valence-corrected chi connectivity index (χ4v) is 2.53. The Morgan fingerprint density at radius 1 is 1.30 bits per heavy atom. The van der Waals surface area contributed by atoms with E-state index in [-0.39, 0.29) is 23.8 Å². The molecule has 104 valence electrons. The number of Topliss-reactive ketones (excluding diaryl/α,β-unsaturated/α-hetero) is 1. The van der Waals surface area contributed by atoms with Crippen LogP contribution in [0.3, 0.4) is 0 Å². The van der Waals surface area contributed by atoms with Crippen molar-refractivity contribution in [2.75, 3.05) is 6.61 Å². The van der Waals surface area contributed by atoms with Gasteiger partial charge < -0.3 is 4.74 Å². The Balaban J connectivity index is 2.05. The van der Waals surface area contributed by atoms with Crippen molar-refractivity contribution in [2.24, 2.45) is 0 Å². The van der Waals surface area contributed by atoms with Crippen LogP contribution in [0.1, 0.15) is 21.5 Å². The average molecular weight is 291 g/mol. The van der Waals surface area contributed by atoms with Gasteiger partial charge in [-0.25, -0.2) is 0 Å². The van der Waals surface area contributed by atoms with Gasteiger partial charge in [0.05, 0.1) is 9.80 Å². The molecule has 0 unspecified atom stereocenters. The number of aryl methyl sites for hydroxylation is 1. The summed E-state index contributed by atoms with van der Waals surface area (Å²) in [7, 11) is 0. The summed E-state index contributed by atoms with van der Waals surface area (Å²) >= 11 is 1.42. The van der Waals surface area contributed by atoms with Crippen molar-refractivity contribution in [3.05, 3.63) is 56.3 Å². The van der Waals surface area contributed by atoms with Crippen molar-refractivity contribution in [2.45, 2.75) is 13.3 Å². The fourth-order valence-electron chi connectivity index (χ4n) is 1.66. The molecule has 1 aromatic carbocycles. The average Bonchev–Trinajstić information content (AvgIpc) is 2.94. The fraction of sp³-hybridized carbons (Fsp3) is 0.214. The lowest BCUT2D eigenvalue weighted by Gasteiger charge is -2.04. The molecular formula is C14H13NO4S. The third kappa shape index (κ3) is 3.21. The lowest BCUT2D eigenvalue weighted by Crippen LogP contribution is -2.10. The summed E-state index contributed by atoms with van der Waals surface area (Å²) in [4.78, 5) is 24.0. The molecule has 0 atom stereocenters. The Kier molecular flexibility index (Phi) is 4.47. The first-order chi connectivity index (χ1) is 9.61. The predicted octanol–water partition coefficient (Wildman–Crippen LogP) is 3.48. The number of nitro groups is 1. The van der Waals surface area contributed by atoms with Crippen LogP contribution in [0.4, 0.5) is 5.69 Å². The van der Waals surface area contributed by atoms with Crippen LogP contribution in [-0.4, -0.2) is 17.3 Å². The number of ether oxygens (including phenoxy) is 1. The Labute approximate surface area is 120 Å². The van der Waals surface area contributed by atoms with Crippen molar-refractivity contribution in [1.29, 1.82) is 0 Å². The van der Waals surface area contributed by atoms with Crippen LogP contribution in [0.25, 0.3) is 0 Å². The van der Waals surface area contributed by atoms with E-state index in [1.165, 1.54) is 23.5 Å². The highest BCUT2D eigenvalue weighted by molar-refractivity contribution is 7.14. The van der Waals surface area contributed by atoms with Gasteiger partial charge in [0.15, 0.2) is 12.4 Å². The predicted molar refractivity (Wildman–Crippen MR) is 76.6 cm³/mol. The van der Waals surface area contributed by atoms with E-state index >= 15 is 0 Å². The molecule has 1 aromatic heterocycles. The maximum Gasteiger partial charge on any atom is 0.310 e. The molecule has 0 radical (unpaired) electrons. The van der Waals surface area contributed by atoms with E-state index in [0.29, 0.717) is 4.88 Å². The zero-order valence-corrected chi connectivity index (χ0v) is 11.7. The Morgan fingerprint density at radius 3 is 2.70 bits per heavy atom. The number of benzene rings is 1. The largest absolute Gasteiger partial charge is 0.478 e. The zero-order valence-electron chi connectivity index (χ0n) is 10.9. The van der Waals surface area contributed by atoms with E-state index in [1.54, 1.807) is 18.2 Å². The molecule has 0 aliphatic rings. The lowest BCUT2D eigenvalue weighted by atomic mass is 10.3. The molecule has 0 saturated heterocycles. The van der Waals surface area contributed by atoms with Crippen molar-refractivity contribution >= 4 is 22.8 Å². The van der Waals surface area contributed by atoms with Crippen molar-refractivity contribution < 1.29 is 14.5 Å². The first-order valence-electron chi connectivity index (χ1n) is 6.10. The quantitative estimate of drug-likeness (QED) is 0.464. The maximum absolute atomic E-state index is 11.9. The van der Waals surface area contributed by atoms with Gasteiger partial charge in [-0.05, 0) is 24.6 Å². The normalized spacial score (nSPS) is 10.2. The summed E-state index contributed by atoms with van der Waals surface area (Å²) < 4.78 is 5.27. The standard InChI is InChI=1S/C14H13NO4S/c1-2-10-7-8-14(20-10)12(16)9-19-13-6-4-3-5-11(13)15(17)18/h3-8H,2,9H2,1H3. The molecule has 0 amide bonds. The molecular weight excluding hydrogens is 278 g/mol. The summed E-state index contributed by atoms with van der Waals surface area (Å²) in [5.74, 6) is -0.0639. The third-order valence-corrected chi connectivity index (χ3v) is 3.98. The molecule has 0 fully saturated rings. The maximum atomic E-state index is 11.9. The Bertz CT molecular complexity index is 636. The highest BCUT2D eigenvalue weighted by Crippen LogP contribution is 2.26. The van der Waals surface area contributed by atoms with Crippen molar-refractivity contribution in [1.82, 2.24) is 0 Å². The van der Waals surface area contributed by atoms with Crippen LogP contribution in [0.5, 0.6) is 5.75 Å². The minimum Gasteiger partial charge on any atom is -0.478 e. The van der Waals surface area contributed by atoms with Crippen LogP contribution < -0.4 is 4.74 Å². The number of nitro benzene ring substituents is 1. The van der Waals surface area contributed by atoms with Gasteiger partial charge >= 0.3 is 5.69 Å². The van der Waals surface area contributed by atoms with E-state index < -0.39 is 4.92 Å². The minimum atomic E-state index is -0.528. The van der Waals surface area contributed by atoms with Crippen LogP contribution in [0.15, 0.2) is 36.4 Å². The molecule has 0 bridgehead atoms. The van der Waals surface area contributed by atoms with E-state index in [2.05, 4.69) is 0 Å². The summed E-state index contributed by atoms with van der Waals surface area (Å²) in [6.07, 6.45) is 0.878. The minimum absolute atomic E-state index is 0.109. The highest BCUT2D eigenvalue weighted by Gasteiger charge is 2.16. The van der Waals surface area contributed by atoms with Gasteiger partial charge in [0, 0.05) is 10.9 Å². The van der Waals surface area contributed by atoms with Crippen molar-refractivity contribution in [3.63, 3.8) is 0 Å². The van der Waals surface area contributed by atoms with E-state index in [4.69, 9.17) is 4.74 Å². The molecule has 0 N–H and O–H groups in total.